The molecule has 0 unspecified atom stereocenters. The number of hydrogen-bond acceptors (Lipinski definition) is 7. The summed E-state index contributed by atoms with van der Waals surface area (Å²) in [4.78, 5) is 26.5. The predicted molar refractivity (Wildman–Crippen MR) is 135 cm³/mol. The normalized spacial score (nSPS) is 17.5. The lowest BCUT2D eigenvalue weighted by Gasteiger charge is -2.34. The van der Waals surface area contributed by atoms with Crippen LogP contribution in [0.25, 0.3) is 0 Å². The van der Waals surface area contributed by atoms with Gasteiger partial charge in [-0.3, -0.25) is 4.79 Å². The highest BCUT2D eigenvalue weighted by Crippen LogP contribution is 2.47. The van der Waals surface area contributed by atoms with Gasteiger partial charge in [0.1, 0.15) is 19.0 Å². The number of rotatable bonds is 8. The average Bonchev–Trinajstić information content (AvgIpc) is 2.86. The summed E-state index contributed by atoms with van der Waals surface area (Å²) >= 11 is 3.63. The van der Waals surface area contributed by atoms with Crippen LogP contribution in [0.1, 0.15) is 37.7 Å². The summed E-state index contributed by atoms with van der Waals surface area (Å²) in [6.07, 6.45) is 1.95. The molecule has 0 spiro atoms. The molecular formula is C27H28BrNO6. The van der Waals surface area contributed by atoms with Gasteiger partial charge in [0.15, 0.2) is 17.3 Å². The lowest BCUT2D eigenvalue weighted by Crippen LogP contribution is -2.34. The van der Waals surface area contributed by atoms with Gasteiger partial charge in [0.2, 0.25) is 0 Å². The number of carbonyl (C=O) groups excluding carboxylic acids is 2. The van der Waals surface area contributed by atoms with E-state index in [2.05, 4.69) is 21.2 Å². The van der Waals surface area contributed by atoms with E-state index in [0.717, 1.165) is 24.1 Å². The Morgan fingerprint density at radius 3 is 2.49 bits per heavy atom. The van der Waals surface area contributed by atoms with Crippen molar-refractivity contribution in [1.82, 2.24) is 5.32 Å². The molecular weight excluding hydrogens is 514 g/mol. The topological polar surface area (TPSA) is 83.1 Å². The number of dihydropyridines is 1. The van der Waals surface area contributed by atoms with Crippen LogP contribution in [0.5, 0.6) is 17.2 Å². The molecule has 1 aliphatic heterocycles. The minimum absolute atomic E-state index is 0.0237. The molecule has 0 fully saturated rings. The average molecular weight is 542 g/mol. The number of Topliss-reactive ketones (excluding diaryl/α,β-unsaturated/α-hetero) is 1. The molecule has 1 N–H and O–H groups in total. The highest BCUT2D eigenvalue weighted by Gasteiger charge is 2.40. The summed E-state index contributed by atoms with van der Waals surface area (Å²) in [6, 6.07) is 12.9. The fourth-order valence-corrected chi connectivity index (χ4v) is 5.10. The molecule has 0 saturated heterocycles. The number of methoxy groups -OCH3 is 2. The van der Waals surface area contributed by atoms with Gasteiger partial charge in [-0.25, -0.2) is 4.79 Å². The van der Waals surface area contributed by atoms with Crippen LogP contribution >= 0.6 is 15.9 Å². The second-order valence-corrected chi connectivity index (χ2v) is 9.15. The van der Waals surface area contributed by atoms with Gasteiger partial charge in [0.25, 0.3) is 0 Å². The molecule has 0 saturated carbocycles. The third-order valence-corrected chi connectivity index (χ3v) is 6.82. The zero-order valence-electron chi connectivity index (χ0n) is 20.0. The van der Waals surface area contributed by atoms with Crippen molar-refractivity contribution < 1.29 is 28.5 Å². The first-order valence-electron chi connectivity index (χ1n) is 11.4. The van der Waals surface area contributed by atoms with E-state index in [-0.39, 0.29) is 19.0 Å². The molecule has 1 heterocycles. The third kappa shape index (κ3) is 5.22. The Bertz CT molecular complexity index is 1190. The maximum Gasteiger partial charge on any atom is 0.336 e. The number of hydrogen-bond donors (Lipinski definition) is 1. The van der Waals surface area contributed by atoms with Gasteiger partial charge in [-0.1, -0.05) is 34.1 Å². The van der Waals surface area contributed by atoms with Gasteiger partial charge < -0.3 is 24.3 Å². The Labute approximate surface area is 213 Å². The maximum atomic E-state index is 13.4. The molecule has 2 aromatic rings. The number of nitrogens with one attached hydrogen (secondary N) is 1. The van der Waals surface area contributed by atoms with Crippen LogP contribution in [-0.4, -0.2) is 39.2 Å². The highest BCUT2D eigenvalue weighted by molar-refractivity contribution is 9.10. The third-order valence-electron chi connectivity index (χ3n) is 6.14. The first-order chi connectivity index (χ1) is 16.9. The van der Waals surface area contributed by atoms with Crippen LogP contribution in [0, 0.1) is 0 Å². The molecule has 2 aromatic carbocycles. The summed E-state index contributed by atoms with van der Waals surface area (Å²) < 4.78 is 22.9. The molecule has 8 heteroatoms. The fourth-order valence-electron chi connectivity index (χ4n) is 4.54. The molecule has 0 aromatic heterocycles. The van der Waals surface area contributed by atoms with Crippen LogP contribution < -0.4 is 19.5 Å². The van der Waals surface area contributed by atoms with Crippen molar-refractivity contribution in [3.8, 4) is 17.2 Å². The van der Waals surface area contributed by atoms with Crippen LogP contribution in [0.2, 0.25) is 0 Å². The molecule has 4 rings (SSSR count). The van der Waals surface area contributed by atoms with Crippen molar-refractivity contribution in [2.45, 2.75) is 32.1 Å². The number of ether oxygens (including phenoxy) is 4. The molecule has 2 aliphatic rings. The van der Waals surface area contributed by atoms with Crippen molar-refractivity contribution in [2.75, 3.05) is 27.4 Å². The molecule has 7 nitrogen and oxygen atoms in total. The molecule has 1 aliphatic carbocycles. The molecule has 0 amide bonds. The van der Waals surface area contributed by atoms with Crippen LogP contribution in [0.3, 0.4) is 0 Å². The molecule has 0 bridgehead atoms. The second-order valence-electron chi connectivity index (χ2n) is 8.29. The quantitative estimate of drug-likeness (QED) is 0.369. The van der Waals surface area contributed by atoms with Crippen LogP contribution in [-0.2, 0) is 14.3 Å². The first kappa shape index (κ1) is 24.9. The van der Waals surface area contributed by atoms with E-state index in [1.54, 1.807) is 20.3 Å². The van der Waals surface area contributed by atoms with Crippen molar-refractivity contribution >= 4 is 27.7 Å². The van der Waals surface area contributed by atoms with Crippen LogP contribution in [0.15, 0.2) is 69.5 Å². The van der Waals surface area contributed by atoms with E-state index < -0.39 is 11.9 Å². The minimum Gasteiger partial charge on any atom is -0.493 e. The van der Waals surface area contributed by atoms with E-state index >= 15 is 0 Å². The van der Waals surface area contributed by atoms with Gasteiger partial charge in [0, 0.05) is 33.8 Å². The molecule has 184 valence electrons. The lowest BCUT2D eigenvalue weighted by atomic mass is 9.75. The highest BCUT2D eigenvalue weighted by atomic mass is 79.9. The molecule has 1 atom stereocenters. The number of carbonyl (C=O) groups is 2. The van der Waals surface area contributed by atoms with E-state index in [9.17, 15) is 9.59 Å². The van der Waals surface area contributed by atoms with Crippen molar-refractivity contribution in [3.05, 3.63) is 75.0 Å². The second kappa shape index (κ2) is 11.0. The maximum absolute atomic E-state index is 13.4. The van der Waals surface area contributed by atoms with Crippen LogP contribution in [0.4, 0.5) is 0 Å². The predicted octanol–water partition coefficient (Wildman–Crippen LogP) is 5.06. The monoisotopic (exact) mass is 541 g/mol. The Balaban J connectivity index is 1.66. The smallest absolute Gasteiger partial charge is 0.336 e. The molecule has 0 radical (unpaired) electrons. The first-order valence-corrected chi connectivity index (χ1v) is 12.2. The summed E-state index contributed by atoms with van der Waals surface area (Å²) in [7, 11) is 3.11. The zero-order valence-corrected chi connectivity index (χ0v) is 21.6. The number of allylic oxidation sites excluding steroid dienone is 3. The largest absolute Gasteiger partial charge is 0.493 e. The lowest BCUT2D eigenvalue weighted by molar-refractivity contribution is -0.140. The van der Waals surface area contributed by atoms with Gasteiger partial charge in [-0.05, 0) is 49.6 Å². The molecule has 35 heavy (non-hydrogen) atoms. The minimum atomic E-state index is -0.601. The fraction of sp³-hybridized carbons (Fsp3) is 0.333. The summed E-state index contributed by atoms with van der Waals surface area (Å²) in [5.74, 6) is 0.683. The van der Waals surface area contributed by atoms with Gasteiger partial charge in [-0.15, -0.1) is 0 Å². The summed E-state index contributed by atoms with van der Waals surface area (Å²) in [5, 5.41) is 3.30. The van der Waals surface area contributed by atoms with Crippen molar-refractivity contribution in [2.24, 2.45) is 0 Å². The Kier molecular flexibility index (Phi) is 7.80. The zero-order chi connectivity index (χ0) is 24.9. The van der Waals surface area contributed by atoms with Gasteiger partial charge in [0.05, 0.1) is 19.8 Å². The Hall–Kier alpha value is -3.26. The van der Waals surface area contributed by atoms with Gasteiger partial charge in [-0.2, -0.15) is 0 Å². The number of para-hydroxylation sites is 1. The standard InChI is InChI=1S/C27H28BrNO6/c1-16-24(27(31)35-13-12-34-17-8-5-4-6-9-17)25(26-20(29-16)10-7-11-21(26)30)18-14-22(32-2)23(33-3)15-19(18)28/h4-6,8-9,14-15,25,29H,7,10-13H2,1-3H3/t25-/m0/s1. The van der Waals surface area contributed by atoms with Crippen molar-refractivity contribution in [1.29, 1.82) is 0 Å². The number of esters is 1. The Morgan fingerprint density at radius 1 is 1.06 bits per heavy atom. The van der Waals surface area contributed by atoms with E-state index in [4.69, 9.17) is 18.9 Å². The van der Waals surface area contributed by atoms with Gasteiger partial charge >= 0.3 is 5.97 Å². The van der Waals surface area contributed by atoms with E-state index in [0.29, 0.717) is 45.0 Å². The Morgan fingerprint density at radius 2 is 1.77 bits per heavy atom. The van der Waals surface area contributed by atoms with E-state index in [1.807, 2.05) is 43.3 Å². The summed E-state index contributed by atoms with van der Waals surface area (Å²) in [5.41, 5.74) is 3.25. The number of benzene rings is 2. The number of ketones is 1. The van der Waals surface area contributed by atoms with Crippen molar-refractivity contribution in [3.63, 3.8) is 0 Å². The SMILES string of the molecule is COc1cc(Br)c([C@H]2C(C(=O)OCCOc3ccccc3)=C(C)NC3=C2C(=O)CCC3)cc1OC. The van der Waals surface area contributed by atoms with E-state index in [1.165, 1.54) is 0 Å². The summed E-state index contributed by atoms with van der Waals surface area (Å²) in [6.45, 7) is 2.12. The number of halogens is 1.